The molecule has 35 heavy (non-hydrogen) atoms. The van der Waals surface area contributed by atoms with Crippen LogP contribution in [0.4, 0.5) is 0 Å². The lowest BCUT2D eigenvalue weighted by Crippen LogP contribution is -2.06. The molecule has 3 aromatic carbocycles. The molecule has 0 aromatic heterocycles. The number of hydrogen-bond donors (Lipinski definition) is 0. The van der Waals surface area contributed by atoms with Crippen LogP contribution in [0.25, 0.3) is 5.70 Å². The summed E-state index contributed by atoms with van der Waals surface area (Å²) in [4.78, 5) is 10.2. The molecule has 3 heteroatoms. The second-order valence-corrected chi connectivity index (χ2v) is 9.01. The molecule has 3 rings (SSSR count). The summed E-state index contributed by atoms with van der Waals surface area (Å²) in [5, 5.41) is 0. The highest BCUT2D eigenvalue weighted by molar-refractivity contribution is 9.10. The molecule has 0 fully saturated rings. The van der Waals surface area contributed by atoms with E-state index in [9.17, 15) is 0 Å². The minimum atomic E-state index is 0.744. The molecular formula is C32H33BrN2. The highest BCUT2D eigenvalue weighted by atomic mass is 79.9. The zero-order valence-corrected chi connectivity index (χ0v) is 22.4. The maximum absolute atomic E-state index is 5.11. The number of amidine groups is 1. The van der Waals surface area contributed by atoms with Crippen LogP contribution in [0.1, 0.15) is 50.3 Å². The lowest BCUT2D eigenvalue weighted by Gasteiger charge is -2.11. The van der Waals surface area contributed by atoms with E-state index in [1.54, 1.807) is 0 Å². The van der Waals surface area contributed by atoms with E-state index >= 15 is 0 Å². The quantitative estimate of drug-likeness (QED) is 0.151. The zero-order valence-electron chi connectivity index (χ0n) is 20.8. The highest BCUT2D eigenvalue weighted by Gasteiger charge is 2.10. The molecule has 0 radical (unpaired) electrons. The maximum atomic E-state index is 5.11. The average molecular weight is 526 g/mol. The van der Waals surface area contributed by atoms with Crippen LogP contribution in [0, 0.1) is 0 Å². The Hall–Kier alpha value is -3.30. The Morgan fingerprint density at radius 3 is 2.14 bits per heavy atom. The number of aliphatic imine (C=N–C) groups is 2. The van der Waals surface area contributed by atoms with Crippen molar-refractivity contribution in [3.8, 4) is 0 Å². The Morgan fingerprint density at radius 2 is 1.49 bits per heavy atom. The van der Waals surface area contributed by atoms with Gasteiger partial charge in [0.1, 0.15) is 0 Å². The third kappa shape index (κ3) is 8.15. The van der Waals surface area contributed by atoms with Gasteiger partial charge in [-0.1, -0.05) is 126 Å². The third-order valence-electron chi connectivity index (χ3n) is 5.57. The first-order chi connectivity index (χ1) is 17.1. The fraction of sp³-hybridized carbons (Fsp3) is 0.188. The lowest BCUT2D eigenvalue weighted by molar-refractivity contribution is 1.20. The summed E-state index contributed by atoms with van der Waals surface area (Å²) in [6.07, 6.45) is 11.3. The van der Waals surface area contributed by atoms with E-state index in [1.807, 2.05) is 49.4 Å². The van der Waals surface area contributed by atoms with Crippen LogP contribution in [-0.2, 0) is 6.42 Å². The smallest absolute Gasteiger partial charge is 0.155 e. The van der Waals surface area contributed by atoms with Crippen molar-refractivity contribution < 1.29 is 0 Å². The third-order valence-corrected chi connectivity index (χ3v) is 6.26. The van der Waals surface area contributed by atoms with Gasteiger partial charge in [-0.05, 0) is 55.9 Å². The number of benzene rings is 3. The zero-order chi connectivity index (χ0) is 24.9. The molecule has 0 aliphatic carbocycles. The Labute approximate surface area is 218 Å². The molecule has 178 valence electrons. The van der Waals surface area contributed by atoms with Gasteiger partial charge in [-0.25, -0.2) is 9.98 Å². The molecule has 0 spiro atoms. The standard InChI is InChI=1S/C32H33BrN2/c1-4-16-31(28-21-10-7-11-22-28)35-32(34-25(3)29-23-14-15-24-30(29)33)27(5-2)20-13-12-19-26-17-8-6-9-18-26/h5-18,21-24H,4,19-20H2,1-3H3/b13-12-,27-5+,31-16+,34-25+,35-32-. The Bertz CT molecular complexity index is 1230. The summed E-state index contributed by atoms with van der Waals surface area (Å²) in [5.41, 5.74) is 6.43. The van der Waals surface area contributed by atoms with Crippen LogP contribution in [-0.4, -0.2) is 11.5 Å². The Morgan fingerprint density at radius 1 is 0.829 bits per heavy atom. The molecule has 0 amide bonds. The predicted molar refractivity (Wildman–Crippen MR) is 156 cm³/mol. The summed E-state index contributed by atoms with van der Waals surface area (Å²) in [6, 6.07) is 29.0. The second kappa shape index (κ2) is 14.2. The molecule has 3 aromatic rings. The fourth-order valence-electron chi connectivity index (χ4n) is 3.67. The summed E-state index contributed by atoms with van der Waals surface area (Å²) >= 11 is 3.67. The summed E-state index contributed by atoms with van der Waals surface area (Å²) < 4.78 is 1.03. The van der Waals surface area contributed by atoms with Crippen molar-refractivity contribution in [3.63, 3.8) is 0 Å². The number of halogens is 1. The Kier molecular flexibility index (Phi) is 10.7. The largest absolute Gasteiger partial charge is 0.233 e. The van der Waals surface area contributed by atoms with Crippen LogP contribution in [0.15, 0.2) is 129 Å². The summed E-state index contributed by atoms with van der Waals surface area (Å²) in [5.74, 6) is 0.744. The van der Waals surface area contributed by atoms with Crippen LogP contribution < -0.4 is 0 Å². The van der Waals surface area contributed by atoms with E-state index in [2.05, 4.69) is 96.5 Å². The first kappa shape index (κ1) is 26.3. The van der Waals surface area contributed by atoms with Crippen molar-refractivity contribution in [1.29, 1.82) is 0 Å². The lowest BCUT2D eigenvalue weighted by atomic mass is 10.1. The van der Waals surface area contributed by atoms with E-state index in [4.69, 9.17) is 9.98 Å². The Balaban J connectivity index is 1.97. The second-order valence-electron chi connectivity index (χ2n) is 8.16. The van der Waals surface area contributed by atoms with Crippen LogP contribution in [0.5, 0.6) is 0 Å². The van der Waals surface area contributed by atoms with Crippen molar-refractivity contribution in [1.82, 2.24) is 0 Å². The maximum Gasteiger partial charge on any atom is 0.155 e. The first-order valence-electron chi connectivity index (χ1n) is 12.1. The van der Waals surface area contributed by atoms with Crippen LogP contribution >= 0.6 is 15.9 Å². The van der Waals surface area contributed by atoms with Crippen molar-refractivity contribution in [3.05, 3.63) is 136 Å². The van der Waals surface area contributed by atoms with Gasteiger partial charge in [0.25, 0.3) is 0 Å². The minimum absolute atomic E-state index is 0.744. The van der Waals surface area contributed by atoms with Gasteiger partial charge in [-0.3, -0.25) is 0 Å². The van der Waals surface area contributed by atoms with E-state index in [0.29, 0.717) is 0 Å². The van der Waals surface area contributed by atoms with Gasteiger partial charge in [0.15, 0.2) is 5.84 Å². The fourth-order valence-corrected chi connectivity index (χ4v) is 4.24. The van der Waals surface area contributed by atoms with Crippen molar-refractivity contribution in [2.75, 3.05) is 0 Å². The summed E-state index contributed by atoms with van der Waals surface area (Å²) in [7, 11) is 0. The molecule has 0 atom stereocenters. The monoisotopic (exact) mass is 524 g/mol. The van der Waals surface area contributed by atoms with Gasteiger partial charge < -0.3 is 0 Å². The van der Waals surface area contributed by atoms with Crippen molar-refractivity contribution in [2.45, 2.75) is 40.0 Å². The molecule has 0 heterocycles. The molecule has 2 nitrogen and oxygen atoms in total. The SMILES string of the molecule is C/C=C(C/C=C\Cc1ccccc1)/C(=N/C(=C/CC)c1ccccc1)/N=C(\C)c1ccccc1Br. The number of rotatable bonds is 9. The van der Waals surface area contributed by atoms with E-state index in [0.717, 1.165) is 57.7 Å². The average Bonchev–Trinajstić information content (AvgIpc) is 2.89. The number of allylic oxidation sites excluding steroid dienone is 4. The van der Waals surface area contributed by atoms with Crippen molar-refractivity contribution >= 4 is 33.2 Å². The van der Waals surface area contributed by atoms with Crippen molar-refractivity contribution in [2.24, 2.45) is 9.98 Å². The molecule has 0 unspecified atom stereocenters. The van der Waals surface area contributed by atoms with Gasteiger partial charge >= 0.3 is 0 Å². The number of hydrogen-bond acceptors (Lipinski definition) is 1. The molecule has 0 saturated heterocycles. The number of nitrogens with zero attached hydrogens (tertiary/aromatic N) is 2. The summed E-state index contributed by atoms with van der Waals surface area (Å²) in [6.45, 7) is 6.24. The molecule has 0 N–H and O–H groups in total. The molecule has 0 saturated carbocycles. The molecule has 0 aliphatic heterocycles. The van der Waals surface area contributed by atoms with Gasteiger partial charge in [0, 0.05) is 15.7 Å². The van der Waals surface area contributed by atoms with E-state index < -0.39 is 0 Å². The molecular weight excluding hydrogens is 492 g/mol. The minimum Gasteiger partial charge on any atom is -0.233 e. The van der Waals surface area contributed by atoms with Gasteiger partial charge in [-0.15, -0.1) is 0 Å². The van der Waals surface area contributed by atoms with Crippen LogP contribution in [0.2, 0.25) is 0 Å². The first-order valence-corrected chi connectivity index (χ1v) is 12.9. The van der Waals surface area contributed by atoms with Gasteiger partial charge in [-0.2, -0.15) is 0 Å². The predicted octanol–water partition coefficient (Wildman–Crippen LogP) is 9.24. The molecule has 0 bridgehead atoms. The molecule has 0 aliphatic rings. The highest BCUT2D eigenvalue weighted by Crippen LogP contribution is 2.22. The topological polar surface area (TPSA) is 24.7 Å². The van der Waals surface area contributed by atoms with Gasteiger partial charge in [0.05, 0.1) is 5.70 Å². The van der Waals surface area contributed by atoms with E-state index in [1.165, 1.54) is 5.56 Å². The van der Waals surface area contributed by atoms with E-state index in [-0.39, 0.29) is 0 Å². The van der Waals surface area contributed by atoms with Crippen LogP contribution in [0.3, 0.4) is 0 Å². The van der Waals surface area contributed by atoms with Gasteiger partial charge in [0.2, 0.25) is 0 Å². The normalized spacial score (nSPS) is 13.5.